The number of aromatic nitrogens is 3. The van der Waals surface area contributed by atoms with Crippen molar-refractivity contribution in [2.24, 2.45) is 0 Å². The maximum atomic E-state index is 12.7. The Morgan fingerprint density at radius 3 is 2.80 bits per heavy atom. The van der Waals surface area contributed by atoms with Gasteiger partial charge in [0.25, 0.3) is 5.56 Å². The number of hydrogen-bond acceptors (Lipinski definition) is 7. The Balaban J connectivity index is 1.75. The molecule has 158 valence electrons. The zero-order chi connectivity index (χ0) is 21.5. The molecule has 1 unspecified atom stereocenters. The molecule has 10 heteroatoms. The zero-order valence-electron chi connectivity index (χ0n) is 16.6. The minimum atomic E-state index is -3.28. The molecule has 1 aromatic carbocycles. The Labute approximate surface area is 178 Å². The van der Waals surface area contributed by atoms with Gasteiger partial charge in [-0.05, 0) is 43.2 Å². The van der Waals surface area contributed by atoms with Crippen molar-refractivity contribution in [3.63, 3.8) is 0 Å². The average Bonchev–Trinajstić information content (AvgIpc) is 3.25. The van der Waals surface area contributed by atoms with Crippen molar-refractivity contribution in [2.45, 2.75) is 31.2 Å². The van der Waals surface area contributed by atoms with Gasteiger partial charge in [-0.3, -0.25) is 9.36 Å². The number of nitrogens with zero attached hydrogens (tertiary/aromatic N) is 3. The highest BCUT2D eigenvalue weighted by Gasteiger charge is 2.23. The minimum absolute atomic E-state index is 0.0397. The van der Waals surface area contributed by atoms with Crippen LogP contribution in [-0.2, 0) is 14.6 Å². The van der Waals surface area contributed by atoms with Gasteiger partial charge in [0.2, 0.25) is 5.95 Å². The van der Waals surface area contributed by atoms with Crippen molar-refractivity contribution in [2.75, 3.05) is 24.3 Å². The van der Waals surface area contributed by atoms with Crippen LogP contribution < -0.4 is 10.9 Å². The van der Waals surface area contributed by atoms with Gasteiger partial charge in [0.05, 0.1) is 23.3 Å². The van der Waals surface area contributed by atoms with Crippen molar-refractivity contribution in [3.8, 4) is 0 Å². The summed E-state index contributed by atoms with van der Waals surface area (Å²) in [5.74, 6) is 0.337. The van der Waals surface area contributed by atoms with Gasteiger partial charge in [-0.2, -0.15) is 4.98 Å². The highest BCUT2D eigenvalue weighted by Crippen LogP contribution is 2.26. The molecule has 1 N–H and O–H groups in total. The molecule has 1 atom stereocenters. The molecule has 0 amide bonds. The van der Waals surface area contributed by atoms with E-state index in [2.05, 4.69) is 15.3 Å². The summed E-state index contributed by atoms with van der Waals surface area (Å²) in [6.07, 6.45) is 2.31. The van der Waals surface area contributed by atoms with Crippen LogP contribution in [0.4, 0.5) is 11.6 Å². The van der Waals surface area contributed by atoms with Crippen LogP contribution >= 0.6 is 11.6 Å². The predicted molar refractivity (Wildman–Crippen MR) is 115 cm³/mol. The third-order valence-electron chi connectivity index (χ3n) is 5.18. The molecule has 4 rings (SSSR count). The molecule has 1 aliphatic heterocycles. The summed E-state index contributed by atoms with van der Waals surface area (Å²) in [5, 5.41) is 3.88. The van der Waals surface area contributed by atoms with Gasteiger partial charge in [-0.15, -0.1) is 0 Å². The second kappa shape index (κ2) is 7.98. The van der Waals surface area contributed by atoms with Crippen LogP contribution in [-0.4, -0.2) is 41.9 Å². The molecule has 0 spiro atoms. The van der Waals surface area contributed by atoms with Crippen LogP contribution in [0.3, 0.4) is 0 Å². The molecule has 3 aromatic rings. The number of benzene rings is 1. The van der Waals surface area contributed by atoms with Crippen molar-refractivity contribution in [1.82, 2.24) is 14.5 Å². The van der Waals surface area contributed by atoms with Gasteiger partial charge in [-0.1, -0.05) is 18.5 Å². The monoisotopic (exact) mass is 448 g/mol. The van der Waals surface area contributed by atoms with Gasteiger partial charge >= 0.3 is 0 Å². The summed E-state index contributed by atoms with van der Waals surface area (Å²) < 4.78 is 31.2. The van der Waals surface area contributed by atoms with Crippen LogP contribution in [0.2, 0.25) is 5.02 Å². The fourth-order valence-electron chi connectivity index (χ4n) is 3.47. The summed E-state index contributed by atoms with van der Waals surface area (Å²) in [7, 11) is -3.28. The molecule has 0 saturated carbocycles. The molecule has 1 fully saturated rings. The topological polar surface area (TPSA) is 103 Å². The van der Waals surface area contributed by atoms with E-state index in [0.717, 1.165) is 5.56 Å². The van der Waals surface area contributed by atoms with E-state index in [1.807, 2.05) is 6.92 Å². The van der Waals surface area contributed by atoms with Crippen LogP contribution in [0, 0.1) is 6.92 Å². The molecule has 0 aliphatic carbocycles. The Morgan fingerprint density at radius 1 is 1.33 bits per heavy atom. The lowest BCUT2D eigenvalue weighted by Crippen LogP contribution is -2.26. The van der Waals surface area contributed by atoms with Gasteiger partial charge in [0.15, 0.2) is 9.84 Å². The molecule has 2 aromatic heterocycles. The Hall–Kier alpha value is -2.49. The highest BCUT2D eigenvalue weighted by molar-refractivity contribution is 7.91. The largest absolute Gasteiger partial charge is 0.379 e. The Kier molecular flexibility index (Phi) is 5.52. The summed E-state index contributed by atoms with van der Waals surface area (Å²) >= 11 is 6.13. The van der Waals surface area contributed by atoms with Crippen molar-refractivity contribution in [1.29, 1.82) is 0 Å². The number of anilines is 2. The fourth-order valence-corrected chi connectivity index (χ4v) is 4.64. The lowest BCUT2D eigenvalue weighted by molar-refractivity contribution is 0.186. The van der Waals surface area contributed by atoms with Crippen molar-refractivity contribution in [3.05, 3.63) is 51.4 Å². The summed E-state index contributed by atoms with van der Waals surface area (Å²) in [6, 6.07) is 6.28. The molecular weight excluding hydrogens is 428 g/mol. The number of sulfone groups is 1. The van der Waals surface area contributed by atoms with E-state index < -0.39 is 9.84 Å². The van der Waals surface area contributed by atoms with Crippen molar-refractivity contribution >= 4 is 44.1 Å². The first-order valence-electron chi connectivity index (χ1n) is 9.56. The van der Waals surface area contributed by atoms with E-state index >= 15 is 0 Å². The smallest absolute Gasteiger partial charge is 0.271 e. The number of ether oxygens (including phenoxy) is 1. The van der Waals surface area contributed by atoms with E-state index in [9.17, 15) is 13.2 Å². The average molecular weight is 449 g/mol. The Bertz CT molecular complexity index is 1280. The second-order valence-electron chi connectivity index (χ2n) is 7.16. The highest BCUT2D eigenvalue weighted by atomic mass is 35.5. The second-order valence-corrected chi connectivity index (χ2v) is 9.85. The standard InChI is InChI=1S/C20H21ClN4O4S/c1-3-30(27,28)15-4-5-17(12(2)8-15)23-20-22-10-13-9-16(21)19(26)25(18(13)24-20)14-6-7-29-11-14/h4-5,8-10,14H,3,6-7,11H2,1-2H3,(H,22,23,24). The minimum Gasteiger partial charge on any atom is -0.379 e. The summed E-state index contributed by atoms with van der Waals surface area (Å²) in [6.45, 7) is 4.42. The van der Waals surface area contributed by atoms with E-state index in [1.54, 1.807) is 42.0 Å². The predicted octanol–water partition coefficient (Wildman–Crippen LogP) is 3.25. The maximum absolute atomic E-state index is 12.7. The number of pyridine rings is 1. The van der Waals surface area contributed by atoms with E-state index in [4.69, 9.17) is 16.3 Å². The molecular formula is C20H21ClN4O4S. The number of rotatable bonds is 5. The van der Waals surface area contributed by atoms with E-state index in [1.165, 1.54) is 0 Å². The molecule has 0 radical (unpaired) electrons. The third kappa shape index (κ3) is 3.80. The Morgan fingerprint density at radius 2 is 2.13 bits per heavy atom. The van der Waals surface area contributed by atoms with Gasteiger partial charge < -0.3 is 10.1 Å². The zero-order valence-corrected chi connectivity index (χ0v) is 18.1. The van der Waals surface area contributed by atoms with Crippen LogP contribution in [0.1, 0.15) is 24.9 Å². The fraction of sp³-hybridized carbons (Fsp3) is 0.350. The quantitative estimate of drug-likeness (QED) is 0.638. The summed E-state index contributed by atoms with van der Waals surface area (Å²) in [5.41, 5.74) is 1.58. The molecule has 3 heterocycles. The molecule has 1 saturated heterocycles. The van der Waals surface area contributed by atoms with Gasteiger partial charge in [-0.25, -0.2) is 13.4 Å². The molecule has 30 heavy (non-hydrogen) atoms. The normalized spacial score (nSPS) is 16.8. The maximum Gasteiger partial charge on any atom is 0.271 e. The van der Waals surface area contributed by atoms with Crippen LogP contribution in [0.25, 0.3) is 11.0 Å². The summed E-state index contributed by atoms with van der Waals surface area (Å²) in [4.78, 5) is 21.8. The van der Waals surface area contributed by atoms with Crippen LogP contribution in [0.5, 0.6) is 0 Å². The first-order chi connectivity index (χ1) is 14.3. The first kappa shape index (κ1) is 20.8. The van der Waals surface area contributed by atoms with E-state index in [-0.39, 0.29) is 27.3 Å². The molecule has 0 bridgehead atoms. The SMILES string of the molecule is CCS(=O)(=O)c1ccc(Nc2ncc3cc(Cl)c(=O)n(C4CCOC4)c3n2)c(C)c1. The first-order valence-corrected chi connectivity index (χ1v) is 11.6. The number of nitrogens with one attached hydrogen (secondary N) is 1. The number of halogens is 1. The number of fused-ring (bicyclic) bond motifs is 1. The van der Waals surface area contributed by atoms with Crippen LogP contribution in [0.15, 0.2) is 40.2 Å². The third-order valence-corrected chi connectivity index (χ3v) is 7.19. The molecule has 1 aliphatic rings. The van der Waals surface area contributed by atoms with Gasteiger partial charge in [0, 0.05) is 23.9 Å². The van der Waals surface area contributed by atoms with E-state index in [0.29, 0.717) is 42.3 Å². The number of hydrogen-bond donors (Lipinski definition) is 1. The van der Waals surface area contributed by atoms with Gasteiger partial charge in [0.1, 0.15) is 10.7 Å². The number of aryl methyl sites for hydroxylation is 1. The lowest BCUT2D eigenvalue weighted by Gasteiger charge is -2.16. The van der Waals surface area contributed by atoms with Crippen molar-refractivity contribution < 1.29 is 13.2 Å². The lowest BCUT2D eigenvalue weighted by atomic mass is 10.2. The molecule has 8 nitrogen and oxygen atoms in total.